The number of hydrogen-bond acceptors (Lipinski definition) is 12. The van der Waals surface area contributed by atoms with Crippen LogP contribution in [-0.2, 0) is 17.1 Å². The number of halogens is 2. The van der Waals surface area contributed by atoms with Gasteiger partial charge in [0.2, 0.25) is 0 Å². The largest absolute Gasteiger partial charge is 2.00 e. The van der Waals surface area contributed by atoms with Gasteiger partial charge in [0, 0.05) is 38.4 Å². The van der Waals surface area contributed by atoms with E-state index in [0.717, 1.165) is 39.0 Å². The molecule has 261 valence electrons. The van der Waals surface area contributed by atoms with E-state index < -0.39 is 20.5 Å². The Labute approximate surface area is 280 Å². The first-order chi connectivity index (χ1) is 20.5. The Morgan fingerprint density at radius 2 is 0.822 bits per heavy atom. The van der Waals surface area contributed by atoms with Gasteiger partial charge >= 0.3 is 17.1 Å². The van der Waals surface area contributed by atoms with Crippen molar-refractivity contribution in [1.29, 1.82) is 0 Å². The van der Waals surface area contributed by atoms with Crippen LogP contribution < -0.4 is 57.3 Å². The minimum absolute atomic E-state index is 0. The van der Waals surface area contributed by atoms with Crippen LogP contribution in [0.4, 0.5) is 0 Å². The van der Waals surface area contributed by atoms with Crippen LogP contribution in [0.5, 0.6) is 11.5 Å². The van der Waals surface area contributed by atoms with Crippen LogP contribution >= 0.6 is 0 Å². The fourth-order valence-corrected chi connectivity index (χ4v) is 3.55. The van der Waals surface area contributed by atoms with Crippen molar-refractivity contribution >= 4 is 12.4 Å². The summed E-state index contributed by atoms with van der Waals surface area (Å²) in [5, 5.41) is 22.8. The number of quaternary nitrogens is 2. The third-order valence-corrected chi connectivity index (χ3v) is 5.93. The Hall–Kier alpha value is -1.92. The van der Waals surface area contributed by atoms with Crippen molar-refractivity contribution in [2.45, 2.75) is 40.5 Å². The second-order valence-electron chi connectivity index (χ2n) is 9.02. The molecule has 0 spiro atoms. The molecule has 2 N–H and O–H groups in total. The van der Waals surface area contributed by atoms with E-state index in [0.29, 0.717) is 11.1 Å². The molecular formula is C28H44Cl2CuN4O10. The number of aliphatic imine (C=N–C) groups is 2. The number of rotatable bonds is 14. The van der Waals surface area contributed by atoms with Crippen molar-refractivity contribution in [3.63, 3.8) is 0 Å². The fraction of sp³-hybridized carbons (Fsp3) is 0.500. The fourth-order valence-electron chi connectivity index (χ4n) is 3.55. The van der Waals surface area contributed by atoms with Crippen LogP contribution in [0, 0.1) is 20.5 Å². The van der Waals surface area contributed by atoms with Crippen molar-refractivity contribution < 1.29 is 94.8 Å². The Bertz CT molecular complexity index is 943. The molecule has 45 heavy (non-hydrogen) atoms. The maximum absolute atomic E-state index is 11.4. The van der Waals surface area contributed by atoms with E-state index >= 15 is 0 Å². The molecular weight excluding hydrogens is 687 g/mol. The number of benzene rings is 2. The number of nitrogens with zero attached hydrogens (tertiary/aromatic N) is 2. The van der Waals surface area contributed by atoms with Gasteiger partial charge in [0.25, 0.3) is 0 Å². The summed E-state index contributed by atoms with van der Waals surface area (Å²) in [6.07, 6.45) is 5.54. The van der Waals surface area contributed by atoms with Gasteiger partial charge in [-0.3, -0.25) is 9.98 Å². The zero-order valence-corrected chi connectivity index (χ0v) is 28.3. The molecule has 0 atom stereocenters. The summed E-state index contributed by atoms with van der Waals surface area (Å²) in [4.78, 5) is 11.8. The van der Waals surface area contributed by atoms with Gasteiger partial charge in [0.1, 0.15) is 0 Å². The molecule has 2 aromatic carbocycles. The maximum Gasteiger partial charge on any atom is 2.00 e. The summed E-state index contributed by atoms with van der Waals surface area (Å²) in [6, 6.07) is 14.0. The van der Waals surface area contributed by atoms with Crippen molar-refractivity contribution in [3.8, 4) is 11.5 Å². The van der Waals surface area contributed by atoms with Crippen LogP contribution in [0.3, 0.4) is 0 Å². The van der Waals surface area contributed by atoms with Crippen LogP contribution in [-0.4, -0.2) is 64.8 Å². The molecule has 0 heterocycles. The van der Waals surface area contributed by atoms with Gasteiger partial charge in [-0.15, -0.1) is 32.0 Å². The Balaban J connectivity index is -0.000000594. The summed E-state index contributed by atoms with van der Waals surface area (Å²) >= 11 is 0. The maximum atomic E-state index is 11.4. The Morgan fingerprint density at radius 1 is 0.556 bits per heavy atom. The summed E-state index contributed by atoms with van der Waals surface area (Å²) in [5.41, 5.74) is 1.37. The topological polar surface area (TPSA) is 264 Å². The number of nitrogens with one attached hydrogen (secondary N) is 2. The minimum atomic E-state index is -4.94. The zero-order chi connectivity index (χ0) is 34.0. The summed E-state index contributed by atoms with van der Waals surface area (Å²) in [7, 11) is -9.89. The van der Waals surface area contributed by atoms with Crippen LogP contribution in [0.2, 0.25) is 0 Å². The second-order valence-corrected chi connectivity index (χ2v) is 10.5. The zero-order valence-electron chi connectivity index (χ0n) is 25.9. The van der Waals surface area contributed by atoms with Crippen molar-refractivity contribution in [2.24, 2.45) is 9.98 Å². The average molecular weight is 731 g/mol. The average Bonchev–Trinajstić information content (AvgIpc) is 2.93. The predicted molar refractivity (Wildman–Crippen MR) is 140 cm³/mol. The molecule has 17 heteroatoms. The van der Waals surface area contributed by atoms with E-state index in [4.69, 9.17) is 37.3 Å². The third-order valence-electron chi connectivity index (χ3n) is 5.93. The molecule has 0 fully saturated rings. The van der Waals surface area contributed by atoms with Gasteiger partial charge in [-0.1, -0.05) is 48.5 Å². The molecule has 0 saturated heterocycles. The third kappa shape index (κ3) is 34.8. The summed E-state index contributed by atoms with van der Waals surface area (Å²) in [5.74, 6) is 0.0937. The van der Waals surface area contributed by atoms with Gasteiger partial charge in [-0.2, -0.15) is 0 Å². The summed E-state index contributed by atoms with van der Waals surface area (Å²) in [6.45, 7) is 17.4. The van der Waals surface area contributed by atoms with Gasteiger partial charge in [-0.25, -0.2) is 37.3 Å². The van der Waals surface area contributed by atoms with E-state index in [1.165, 1.54) is 26.2 Å². The monoisotopic (exact) mass is 729 g/mol. The normalized spacial score (nSPS) is 11.3. The van der Waals surface area contributed by atoms with E-state index in [-0.39, 0.29) is 28.6 Å². The van der Waals surface area contributed by atoms with Gasteiger partial charge < -0.3 is 20.0 Å². The molecule has 0 amide bonds. The molecule has 0 aromatic heterocycles. The van der Waals surface area contributed by atoms with Crippen LogP contribution in [0.25, 0.3) is 0 Å². The van der Waals surface area contributed by atoms with Crippen molar-refractivity contribution in [3.05, 3.63) is 59.7 Å². The number of hydrogen-bond donors (Lipinski definition) is 2. The van der Waals surface area contributed by atoms with Gasteiger partial charge in [0.05, 0.1) is 39.3 Å². The van der Waals surface area contributed by atoms with Crippen molar-refractivity contribution in [1.82, 2.24) is 0 Å². The van der Waals surface area contributed by atoms with Gasteiger partial charge in [-0.05, 0) is 38.8 Å². The molecule has 0 aliphatic heterocycles. The smallest absolute Gasteiger partial charge is 0.872 e. The number of para-hydroxylation sites is 2. The molecule has 0 unspecified atom stereocenters. The van der Waals surface area contributed by atoms with Gasteiger partial charge in [0.15, 0.2) is 0 Å². The Morgan fingerprint density at radius 3 is 1.07 bits per heavy atom. The first kappa shape index (κ1) is 47.5. The molecule has 0 aliphatic carbocycles. The van der Waals surface area contributed by atoms with E-state index in [2.05, 4.69) is 37.7 Å². The predicted octanol–water partition coefficient (Wildman–Crippen LogP) is -8.53. The molecule has 14 nitrogen and oxygen atoms in total. The molecule has 0 bridgehead atoms. The molecule has 2 rings (SSSR count). The van der Waals surface area contributed by atoms with Crippen LogP contribution in [0.15, 0.2) is 58.5 Å². The minimum Gasteiger partial charge on any atom is -0.872 e. The van der Waals surface area contributed by atoms with E-state index in [1.807, 2.05) is 24.3 Å². The first-order valence-electron chi connectivity index (χ1n) is 14.0. The molecule has 0 saturated carbocycles. The van der Waals surface area contributed by atoms with E-state index in [1.54, 1.807) is 46.5 Å². The first-order valence-corrected chi connectivity index (χ1v) is 16.4. The quantitative estimate of drug-likeness (QED) is 0.105. The molecule has 2 aromatic rings. The van der Waals surface area contributed by atoms with Crippen LogP contribution in [0.1, 0.15) is 51.7 Å². The van der Waals surface area contributed by atoms with Crippen molar-refractivity contribution in [2.75, 3.05) is 52.4 Å². The second kappa shape index (κ2) is 28.3. The standard InChI is InChI=1S/2C14H22N2O.2ClHO4.Cu/c2*1-3-16(4-2)11-7-10-15-12-13-8-5-6-9-14(13)17;2*2-1(3,4)5;/h2*5-6,8-9,12,17H,3-4,7,10-11H2,1-2H3;2*(H,2,3,4,5);/q;;;;+2/p-2. The SMILES string of the molecule is CC[NH+](CC)CCCN=Cc1ccccc1[O-].CC[NH+](CC)CCCN=Cc1ccccc1[O-].[Cu+2].[O-][Cl+3]([O-])([O-])[O-].[O-][Cl+3]([O-])([O-])[O-]. The molecule has 1 radical (unpaired) electrons. The summed E-state index contributed by atoms with van der Waals surface area (Å²) < 4.78 is 67.9. The Kier molecular flexibility index (Phi) is 29.9. The van der Waals surface area contributed by atoms with E-state index in [9.17, 15) is 10.2 Å². The molecule has 0 aliphatic rings.